The van der Waals surface area contributed by atoms with E-state index in [1.807, 2.05) is 30.3 Å². The molecular weight excluding hydrogens is 389 g/mol. The van der Waals surface area contributed by atoms with Gasteiger partial charge in [-0.15, -0.1) is 0 Å². The molecule has 4 rings (SSSR count). The van der Waals surface area contributed by atoms with Gasteiger partial charge >= 0.3 is 6.09 Å². The Kier molecular flexibility index (Phi) is 5.92. The third-order valence-electron chi connectivity index (χ3n) is 5.97. The van der Waals surface area contributed by atoms with Crippen LogP contribution in [0.15, 0.2) is 48.5 Å². The SMILES string of the molecule is COCOc1ccc(C2(O)CC3CCC(C2)N3C(=O)OCc2ccccc2)c(F)c1. The summed E-state index contributed by atoms with van der Waals surface area (Å²) in [6.45, 7) is 0.227. The fraction of sp³-hybridized carbons (Fsp3) is 0.435. The smallest absolute Gasteiger partial charge is 0.410 e. The second-order valence-electron chi connectivity index (χ2n) is 7.96. The molecule has 2 fully saturated rings. The van der Waals surface area contributed by atoms with E-state index in [2.05, 4.69) is 0 Å². The van der Waals surface area contributed by atoms with Crippen molar-refractivity contribution in [2.45, 2.75) is 50.0 Å². The number of nitrogens with zero attached hydrogens (tertiary/aromatic N) is 1. The normalized spacial score (nSPS) is 25.2. The van der Waals surface area contributed by atoms with E-state index in [4.69, 9.17) is 14.2 Å². The number of amides is 1. The number of rotatable bonds is 6. The third-order valence-corrected chi connectivity index (χ3v) is 5.97. The molecule has 1 N–H and O–H groups in total. The zero-order valence-electron chi connectivity index (χ0n) is 16.9. The minimum absolute atomic E-state index is 0.0211. The van der Waals surface area contributed by atoms with Gasteiger partial charge in [0, 0.05) is 43.7 Å². The highest BCUT2D eigenvalue weighted by Crippen LogP contribution is 2.46. The number of halogens is 1. The first-order chi connectivity index (χ1) is 14.5. The maximum absolute atomic E-state index is 14.8. The van der Waals surface area contributed by atoms with E-state index in [9.17, 15) is 14.3 Å². The molecular formula is C23H26FNO5. The fourth-order valence-electron chi connectivity index (χ4n) is 4.63. The molecule has 2 saturated heterocycles. The predicted octanol–water partition coefficient (Wildman–Crippen LogP) is 3.96. The van der Waals surface area contributed by atoms with Crippen LogP contribution in [0.25, 0.3) is 0 Å². The van der Waals surface area contributed by atoms with Gasteiger partial charge in [0.1, 0.15) is 18.2 Å². The van der Waals surface area contributed by atoms with E-state index in [1.165, 1.54) is 13.2 Å². The second kappa shape index (κ2) is 8.62. The highest BCUT2D eigenvalue weighted by molar-refractivity contribution is 5.69. The Balaban J connectivity index is 1.44. The third kappa shape index (κ3) is 4.13. The van der Waals surface area contributed by atoms with E-state index < -0.39 is 11.4 Å². The molecule has 2 unspecified atom stereocenters. The monoisotopic (exact) mass is 415 g/mol. The molecule has 2 bridgehead atoms. The summed E-state index contributed by atoms with van der Waals surface area (Å²) in [6, 6.07) is 13.6. The summed E-state index contributed by atoms with van der Waals surface area (Å²) >= 11 is 0. The van der Waals surface area contributed by atoms with Crippen LogP contribution in [0.3, 0.4) is 0 Å². The number of fused-ring (bicyclic) bond motifs is 2. The predicted molar refractivity (Wildman–Crippen MR) is 107 cm³/mol. The van der Waals surface area contributed by atoms with Gasteiger partial charge in [-0.1, -0.05) is 30.3 Å². The number of aliphatic hydroxyl groups is 1. The molecule has 0 saturated carbocycles. The maximum atomic E-state index is 14.8. The van der Waals surface area contributed by atoms with Crippen LogP contribution in [0.2, 0.25) is 0 Å². The van der Waals surface area contributed by atoms with Crippen LogP contribution in [0.5, 0.6) is 5.75 Å². The van der Waals surface area contributed by atoms with E-state index in [0.29, 0.717) is 5.75 Å². The molecule has 2 heterocycles. The summed E-state index contributed by atoms with van der Waals surface area (Å²) < 4.78 is 30.4. The van der Waals surface area contributed by atoms with Crippen molar-refractivity contribution in [3.05, 3.63) is 65.5 Å². The summed E-state index contributed by atoms with van der Waals surface area (Å²) in [5.74, 6) is -0.183. The number of ether oxygens (including phenoxy) is 3. The average molecular weight is 415 g/mol. The van der Waals surface area contributed by atoms with Crippen molar-refractivity contribution >= 4 is 6.09 Å². The van der Waals surface area contributed by atoms with Gasteiger partial charge in [0.25, 0.3) is 0 Å². The number of carbonyl (C=O) groups is 1. The standard InChI is InChI=1S/C23H26FNO5/c1-28-15-30-19-9-10-20(21(24)11-19)23(27)12-17-7-8-18(13-23)25(17)22(26)29-14-16-5-3-2-4-6-16/h2-6,9-11,17-18,27H,7-8,12-15H2,1H3. The second-order valence-corrected chi connectivity index (χ2v) is 7.96. The topological polar surface area (TPSA) is 68.2 Å². The molecule has 2 atom stereocenters. The lowest BCUT2D eigenvalue weighted by Crippen LogP contribution is -2.52. The number of carbonyl (C=O) groups excluding carboxylic acids is 1. The van der Waals surface area contributed by atoms with Crippen molar-refractivity contribution in [3.63, 3.8) is 0 Å². The molecule has 160 valence electrons. The largest absolute Gasteiger partial charge is 0.467 e. The fourth-order valence-corrected chi connectivity index (χ4v) is 4.63. The van der Waals surface area contributed by atoms with Gasteiger partial charge in [0.2, 0.25) is 0 Å². The molecule has 2 aromatic carbocycles. The van der Waals surface area contributed by atoms with Gasteiger partial charge in [0.15, 0.2) is 6.79 Å². The van der Waals surface area contributed by atoms with E-state index in [-0.39, 0.29) is 50.0 Å². The summed E-state index contributed by atoms with van der Waals surface area (Å²) in [5, 5.41) is 11.3. The van der Waals surface area contributed by atoms with Crippen LogP contribution >= 0.6 is 0 Å². The maximum Gasteiger partial charge on any atom is 0.410 e. The molecule has 2 aromatic rings. The first-order valence-corrected chi connectivity index (χ1v) is 10.1. The molecule has 7 heteroatoms. The average Bonchev–Trinajstić information content (AvgIpc) is 3.03. The molecule has 6 nitrogen and oxygen atoms in total. The van der Waals surface area contributed by atoms with Crippen LogP contribution in [0, 0.1) is 5.82 Å². The Morgan fingerprint density at radius 3 is 2.50 bits per heavy atom. The molecule has 2 aliphatic heterocycles. The first kappa shape index (κ1) is 20.6. The Morgan fingerprint density at radius 2 is 1.87 bits per heavy atom. The van der Waals surface area contributed by atoms with Gasteiger partial charge in [-0.3, -0.25) is 0 Å². The molecule has 0 aliphatic carbocycles. The lowest BCUT2D eigenvalue weighted by atomic mass is 9.80. The summed E-state index contributed by atoms with van der Waals surface area (Å²) in [5.41, 5.74) is -0.169. The molecule has 30 heavy (non-hydrogen) atoms. The van der Waals surface area contributed by atoms with Gasteiger partial charge in [-0.2, -0.15) is 0 Å². The first-order valence-electron chi connectivity index (χ1n) is 10.1. The number of hydrogen-bond donors (Lipinski definition) is 1. The zero-order valence-corrected chi connectivity index (χ0v) is 16.9. The van der Waals surface area contributed by atoms with Crippen LogP contribution in [-0.2, 0) is 21.7 Å². The van der Waals surface area contributed by atoms with Gasteiger partial charge in [-0.05, 0) is 30.5 Å². The summed E-state index contributed by atoms with van der Waals surface area (Å²) in [6.07, 6.45) is 1.71. The number of methoxy groups -OCH3 is 1. The number of piperidine rings is 1. The Morgan fingerprint density at radius 1 is 1.17 bits per heavy atom. The van der Waals surface area contributed by atoms with Crippen LogP contribution in [0.4, 0.5) is 9.18 Å². The molecule has 0 radical (unpaired) electrons. The lowest BCUT2D eigenvalue weighted by molar-refractivity contribution is -0.0557. The lowest BCUT2D eigenvalue weighted by Gasteiger charge is -2.43. The van der Waals surface area contributed by atoms with Crippen molar-refractivity contribution in [1.29, 1.82) is 0 Å². The van der Waals surface area contributed by atoms with Gasteiger partial charge in [0.05, 0.1) is 5.60 Å². The van der Waals surface area contributed by atoms with Crippen LogP contribution < -0.4 is 4.74 Å². The van der Waals surface area contributed by atoms with Crippen molar-refractivity contribution in [3.8, 4) is 5.75 Å². The van der Waals surface area contributed by atoms with Crippen molar-refractivity contribution in [1.82, 2.24) is 4.90 Å². The molecule has 0 aromatic heterocycles. The summed E-state index contributed by atoms with van der Waals surface area (Å²) in [7, 11) is 1.49. The van der Waals surface area contributed by atoms with Crippen molar-refractivity contribution < 1.29 is 28.5 Å². The Labute approximate surface area is 175 Å². The molecule has 2 aliphatic rings. The van der Waals surface area contributed by atoms with Crippen LogP contribution in [0.1, 0.15) is 36.8 Å². The van der Waals surface area contributed by atoms with Crippen molar-refractivity contribution in [2.75, 3.05) is 13.9 Å². The quantitative estimate of drug-likeness (QED) is 0.724. The van der Waals surface area contributed by atoms with E-state index >= 15 is 0 Å². The van der Waals surface area contributed by atoms with E-state index in [0.717, 1.165) is 18.4 Å². The Hall–Kier alpha value is -2.64. The molecule has 0 spiro atoms. The number of hydrogen-bond acceptors (Lipinski definition) is 5. The molecule has 1 amide bonds. The highest BCUT2D eigenvalue weighted by atomic mass is 19.1. The Bertz CT molecular complexity index is 876. The van der Waals surface area contributed by atoms with Gasteiger partial charge in [-0.25, -0.2) is 9.18 Å². The minimum Gasteiger partial charge on any atom is -0.467 e. The van der Waals surface area contributed by atoms with Gasteiger partial charge < -0.3 is 24.2 Å². The van der Waals surface area contributed by atoms with Crippen LogP contribution in [-0.4, -0.2) is 42.1 Å². The number of benzene rings is 2. The van der Waals surface area contributed by atoms with E-state index in [1.54, 1.807) is 17.0 Å². The summed E-state index contributed by atoms with van der Waals surface area (Å²) in [4.78, 5) is 14.4. The van der Waals surface area contributed by atoms with Crippen molar-refractivity contribution in [2.24, 2.45) is 0 Å². The minimum atomic E-state index is -1.33. The highest BCUT2D eigenvalue weighted by Gasteiger charge is 2.51. The zero-order chi connectivity index (χ0) is 21.1.